The van der Waals surface area contributed by atoms with Gasteiger partial charge in [-0.2, -0.15) is 4.73 Å². The molecule has 2 heteroatoms. The predicted octanol–water partition coefficient (Wildman–Crippen LogP) is 1.60. The van der Waals surface area contributed by atoms with Gasteiger partial charge in [-0.05, 0) is 37.3 Å². The van der Waals surface area contributed by atoms with Crippen molar-refractivity contribution < 1.29 is 5.21 Å². The number of hydrogen-bond donors (Lipinski definition) is 1. The summed E-state index contributed by atoms with van der Waals surface area (Å²) in [6.07, 6.45) is 6.41. The van der Waals surface area contributed by atoms with Crippen molar-refractivity contribution in [3.8, 4) is 0 Å². The highest BCUT2D eigenvalue weighted by Crippen LogP contribution is 2.20. The average Bonchev–Trinajstić information content (AvgIpc) is 2.34. The highest BCUT2D eigenvalue weighted by atomic mass is 16.5. The van der Waals surface area contributed by atoms with Gasteiger partial charge in [0.05, 0.1) is 5.69 Å². The fraction of sp³-hybridized carbons (Fsp3) is 0.500. The van der Waals surface area contributed by atoms with Crippen LogP contribution in [0.5, 0.6) is 0 Å². The minimum atomic E-state index is 1.04. The number of fused-ring (bicyclic) bond motifs is 1. The van der Waals surface area contributed by atoms with E-state index in [1.807, 2.05) is 6.07 Å². The fourth-order valence-corrected chi connectivity index (χ4v) is 1.60. The number of nitrogens with zero attached hydrogens (tertiary/aromatic N) is 1. The summed E-state index contributed by atoms with van der Waals surface area (Å²) < 4.78 is 1.26. The molecule has 1 N–H and O–H groups in total. The Balaban J connectivity index is 2.45. The molecule has 0 unspecified atom stereocenters. The topological polar surface area (TPSA) is 25.2 Å². The van der Waals surface area contributed by atoms with Crippen LogP contribution in [0.25, 0.3) is 0 Å². The molecular weight excluding hydrogens is 126 g/mol. The van der Waals surface area contributed by atoms with Crippen molar-refractivity contribution in [2.75, 3.05) is 0 Å². The molecule has 0 saturated carbocycles. The summed E-state index contributed by atoms with van der Waals surface area (Å²) in [5, 5.41) is 9.21. The largest absolute Gasteiger partial charge is 0.429 e. The molecule has 1 heterocycles. The lowest BCUT2D eigenvalue weighted by molar-refractivity contribution is 0.176. The molecule has 0 amide bonds. The summed E-state index contributed by atoms with van der Waals surface area (Å²) in [7, 11) is 0. The zero-order valence-electron chi connectivity index (χ0n) is 5.88. The number of aryl methyl sites for hydroxylation is 1. The van der Waals surface area contributed by atoms with Gasteiger partial charge in [-0.1, -0.05) is 0 Å². The lowest BCUT2D eigenvalue weighted by atomic mass is 9.98. The number of hydrogen-bond acceptors (Lipinski definition) is 1. The summed E-state index contributed by atoms with van der Waals surface area (Å²) in [5.74, 6) is 0. The Hall–Kier alpha value is -0.920. The number of rotatable bonds is 0. The van der Waals surface area contributed by atoms with Gasteiger partial charge in [0, 0.05) is 6.20 Å². The summed E-state index contributed by atoms with van der Waals surface area (Å²) in [6, 6.07) is 2.01. The van der Waals surface area contributed by atoms with Gasteiger partial charge in [0.25, 0.3) is 0 Å². The molecule has 54 valence electrons. The first-order chi connectivity index (χ1) is 4.88. The number of aromatic nitrogens is 1. The van der Waals surface area contributed by atoms with E-state index in [-0.39, 0.29) is 0 Å². The molecule has 0 saturated heterocycles. The van der Waals surface area contributed by atoms with Crippen molar-refractivity contribution in [2.24, 2.45) is 0 Å². The first kappa shape index (κ1) is 5.83. The van der Waals surface area contributed by atoms with Crippen molar-refractivity contribution in [3.05, 3.63) is 23.5 Å². The molecule has 1 aromatic rings. The third-order valence-electron chi connectivity index (χ3n) is 2.17. The lowest BCUT2D eigenvalue weighted by Gasteiger charge is -2.11. The Bertz CT molecular complexity index is 239. The molecule has 0 aromatic carbocycles. The quantitative estimate of drug-likeness (QED) is 0.540. The minimum Gasteiger partial charge on any atom is -0.429 e. The molecule has 10 heavy (non-hydrogen) atoms. The average molecular weight is 137 g/mol. The lowest BCUT2D eigenvalue weighted by Crippen LogP contribution is -2.05. The van der Waals surface area contributed by atoms with Gasteiger partial charge in [0.15, 0.2) is 0 Å². The normalized spacial score (nSPS) is 16.8. The van der Waals surface area contributed by atoms with Gasteiger partial charge in [0.1, 0.15) is 0 Å². The molecule has 2 rings (SSSR count). The van der Waals surface area contributed by atoms with Crippen LogP contribution in [-0.2, 0) is 12.8 Å². The van der Waals surface area contributed by atoms with E-state index in [4.69, 9.17) is 0 Å². The minimum absolute atomic E-state index is 1.04. The maximum Gasteiger partial charge on any atom is 0.0598 e. The molecule has 0 bridgehead atoms. The van der Waals surface area contributed by atoms with Crippen LogP contribution in [0.1, 0.15) is 24.1 Å². The smallest absolute Gasteiger partial charge is 0.0598 e. The van der Waals surface area contributed by atoms with Crippen LogP contribution in [0.4, 0.5) is 0 Å². The molecule has 0 spiro atoms. The van der Waals surface area contributed by atoms with Crippen molar-refractivity contribution in [1.29, 1.82) is 0 Å². The van der Waals surface area contributed by atoms with Crippen LogP contribution in [0.2, 0.25) is 0 Å². The van der Waals surface area contributed by atoms with E-state index in [2.05, 4.69) is 0 Å². The van der Waals surface area contributed by atoms with Crippen LogP contribution >= 0.6 is 0 Å². The third-order valence-corrected chi connectivity index (χ3v) is 2.17. The monoisotopic (exact) mass is 137 g/mol. The molecule has 0 aliphatic heterocycles. The van der Waals surface area contributed by atoms with Gasteiger partial charge < -0.3 is 5.21 Å². The molecule has 0 radical (unpaired) electrons. The second kappa shape index (κ2) is 2.04. The van der Waals surface area contributed by atoms with Crippen LogP contribution in [0.3, 0.4) is 0 Å². The van der Waals surface area contributed by atoms with E-state index in [0.29, 0.717) is 0 Å². The van der Waals surface area contributed by atoms with E-state index in [0.717, 1.165) is 18.5 Å². The third kappa shape index (κ3) is 0.719. The first-order valence-electron chi connectivity index (χ1n) is 3.76. The zero-order chi connectivity index (χ0) is 6.97. The van der Waals surface area contributed by atoms with E-state index in [1.165, 1.54) is 23.1 Å². The second-order valence-electron chi connectivity index (χ2n) is 2.84. The molecule has 0 fully saturated rings. The SMILES string of the molecule is On1ccc2c1CCCC2. The predicted molar refractivity (Wildman–Crippen MR) is 38.3 cm³/mol. The highest BCUT2D eigenvalue weighted by molar-refractivity contribution is 5.23. The van der Waals surface area contributed by atoms with Gasteiger partial charge in [0.2, 0.25) is 0 Å². The molecule has 1 aliphatic carbocycles. The molecule has 1 aromatic heterocycles. The Morgan fingerprint density at radius 3 is 2.90 bits per heavy atom. The van der Waals surface area contributed by atoms with E-state index in [1.54, 1.807) is 6.20 Å². The zero-order valence-corrected chi connectivity index (χ0v) is 5.88. The van der Waals surface area contributed by atoms with Crippen LogP contribution in [-0.4, -0.2) is 9.94 Å². The Kier molecular flexibility index (Phi) is 1.19. The van der Waals surface area contributed by atoms with Gasteiger partial charge in [-0.3, -0.25) is 0 Å². The van der Waals surface area contributed by atoms with Crippen molar-refractivity contribution in [3.63, 3.8) is 0 Å². The maximum absolute atomic E-state index is 9.21. The van der Waals surface area contributed by atoms with E-state index < -0.39 is 0 Å². The Morgan fingerprint density at radius 2 is 2.10 bits per heavy atom. The van der Waals surface area contributed by atoms with Crippen molar-refractivity contribution in [1.82, 2.24) is 4.73 Å². The summed E-state index contributed by atoms with van der Waals surface area (Å²) in [4.78, 5) is 0. The molecule has 2 nitrogen and oxygen atoms in total. The maximum atomic E-state index is 9.21. The van der Waals surface area contributed by atoms with Gasteiger partial charge >= 0.3 is 0 Å². The van der Waals surface area contributed by atoms with Crippen molar-refractivity contribution in [2.45, 2.75) is 25.7 Å². The Morgan fingerprint density at radius 1 is 1.30 bits per heavy atom. The fourth-order valence-electron chi connectivity index (χ4n) is 1.60. The van der Waals surface area contributed by atoms with Gasteiger partial charge in [-0.15, -0.1) is 0 Å². The van der Waals surface area contributed by atoms with E-state index in [9.17, 15) is 5.21 Å². The molecular formula is C8H11NO. The summed E-state index contributed by atoms with van der Waals surface area (Å²) >= 11 is 0. The molecule has 0 atom stereocenters. The summed E-state index contributed by atoms with van der Waals surface area (Å²) in [6.45, 7) is 0. The molecule has 1 aliphatic rings. The van der Waals surface area contributed by atoms with Gasteiger partial charge in [-0.25, -0.2) is 0 Å². The van der Waals surface area contributed by atoms with Crippen molar-refractivity contribution >= 4 is 0 Å². The van der Waals surface area contributed by atoms with Crippen LogP contribution < -0.4 is 0 Å². The summed E-state index contributed by atoms with van der Waals surface area (Å²) in [5.41, 5.74) is 2.44. The standard InChI is InChI=1S/C8H11NO/c10-9-6-5-7-3-1-2-4-8(7)9/h5-6,10H,1-4H2. The Labute approximate surface area is 60.1 Å². The highest BCUT2D eigenvalue weighted by Gasteiger charge is 2.12. The first-order valence-corrected chi connectivity index (χ1v) is 3.76. The van der Waals surface area contributed by atoms with Crippen LogP contribution in [0, 0.1) is 0 Å². The van der Waals surface area contributed by atoms with E-state index >= 15 is 0 Å². The van der Waals surface area contributed by atoms with Crippen LogP contribution in [0.15, 0.2) is 12.3 Å². The second-order valence-corrected chi connectivity index (χ2v) is 2.84.